The van der Waals surface area contributed by atoms with Crippen LogP contribution in [0.5, 0.6) is 0 Å². The van der Waals surface area contributed by atoms with Gasteiger partial charge >= 0.3 is 0 Å². The Hall–Kier alpha value is 0.974. The van der Waals surface area contributed by atoms with Gasteiger partial charge in [-0.15, -0.1) is 0 Å². The molecule has 4 nitrogen and oxygen atoms in total. The van der Waals surface area contributed by atoms with Gasteiger partial charge in [-0.1, -0.05) is 63.1 Å². The third kappa shape index (κ3) is 8.28. The first kappa shape index (κ1) is 29.2. The maximum Gasteiger partial charge on any atom is 0.192 e. The second kappa shape index (κ2) is 10.2. The Labute approximate surface area is 208 Å². The van der Waals surface area contributed by atoms with Crippen molar-refractivity contribution in [1.82, 2.24) is 0 Å². The summed E-state index contributed by atoms with van der Waals surface area (Å²) in [6, 6.07) is 0. The van der Waals surface area contributed by atoms with E-state index in [0.717, 1.165) is 12.8 Å². The van der Waals surface area contributed by atoms with Gasteiger partial charge in [0.2, 0.25) is 0 Å². The quantitative estimate of drug-likeness (QED) is 0.201. The number of hydrogen-bond donors (Lipinski definition) is 2. The SMILES string of the molecule is CC(C)(C)[Si](C)(C)OC[C@@H](O)CC1(SSC2(C[C@H](O)CO[Si](C)(C)C(C)(C)C)CC2)CC1. The van der Waals surface area contributed by atoms with Crippen molar-refractivity contribution in [1.29, 1.82) is 0 Å². The third-order valence-corrected chi connectivity index (χ3v) is 21.4. The lowest BCUT2D eigenvalue weighted by molar-refractivity contribution is 0.0908. The highest BCUT2D eigenvalue weighted by atomic mass is 33.1. The molecule has 190 valence electrons. The zero-order chi connectivity index (χ0) is 24.6. The van der Waals surface area contributed by atoms with Gasteiger partial charge in [-0.2, -0.15) is 0 Å². The summed E-state index contributed by atoms with van der Waals surface area (Å²) in [6.45, 7) is 23.3. The van der Waals surface area contributed by atoms with Crippen molar-refractivity contribution >= 4 is 38.2 Å². The fourth-order valence-corrected chi connectivity index (χ4v) is 9.08. The van der Waals surface area contributed by atoms with Crippen LogP contribution in [0.3, 0.4) is 0 Å². The predicted octanol–water partition coefficient (Wildman–Crippen LogP) is 6.98. The zero-order valence-corrected chi connectivity index (χ0v) is 26.0. The molecule has 2 fully saturated rings. The van der Waals surface area contributed by atoms with E-state index in [1.165, 1.54) is 25.7 Å². The minimum Gasteiger partial charge on any atom is -0.414 e. The third-order valence-electron chi connectivity index (χ3n) is 8.11. The van der Waals surface area contributed by atoms with Crippen LogP contribution in [0.4, 0.5) is 0 Å². The average molecular weight is 523 g/mol. The molecule has 0 aromatic carbocycles. The van der Waals surface area contributed by atoms with E-state index >= 15 is 0 Å². The molecule has 0 aliphatic heterocycles. The lowest BCUT2D eigenvalue weighted by Crippen LogP contribution is -2.43. The normalized spacial score (nSPS) is 22.5. The van der Waals surface area contributed by atoms with Crippen LogP contribution >= 0.6 is 21.6 Å². The monoisotopic (exact) mass is 522 g/mol. The van der Waals surface area contributed by atoms with Crippen LogP contribution in [-0.2, 0) is 8.85 Å². The Morgan fingerprint density at radius 2 is 0.969 bits per heavy atom. The summed E-state index contributed by atoms with van der Waals surface area (Å²) < 4.78 is 12.9. The van der Waals surface area contributed by atoms with E-state index in [1.54, 1.807) is 0 Å². The van der Waals surface area contributed by atoms with E-state index < -0.39 is 28.8 Å². The van der Waals surface area contributed by atoms with Gasteiger partial charge < -0.3 is 19.1 Å². The molecule has 8 heteroatoms. The summed E-state index contributed by atoms with van der Waals surface area (Å²) in [5, 5.41) is 21.7. The number of aliphatic hydroxyl groups excluding tert-OH is 2. The Balaban J connectivity index is 1.75. The molecular formula is C24H50O4S2Si2. The highest BCUT2D eigenvalue weighted by Gasteiger charge is 2.51. The van der Waals surface area contributed by atoms with Gasteiger partial charge in [0.25, 0.3) is 0 Å². The molecule has 0 saturated heterocycles. The zero-order valence-electron chi connectivity index (χ0n) is 22.3. The number of hydrogen-bond acceptors (Lipinski definition) is 6. The topological polar surface area (TPSA) is 58.9 Å². The summed E-state index contributed by atoms with van der Waals surface area (Å²) in [7, 11) is 0.288. The molecule has 2 N–H and O–H groups in total. The standard InChI is InChI=1S/C24H50O4S2Si2/c1-21(2,3)31(7,8)27-17-19(25)15-23(11-12-23)29-30-24(13-14-24)16-20(26)18-28-32(9,10)22(4,5)6/h19-20,25-26H,11-18H2,1-10H3/t19-,20-/m0/s1. The van der Waals surface area contributed by atoms with Crippen LogP contribution in [0.25, 0.3) is 0 Å². The van der Waals surface area contributed by atoms with Gasteiger partial charge in [0, 0.05) is 9.49 Å². The molecule has 2 aliphatic rings. The van der Waals surface area contributed by atoms with E-state index in [1.807, 2.05) is 21.6 Å². The second-order valence-electron chi connectivity index (χ2n) is 13.4. The largest absolute Gasteiger partial charge is 0.414 e. The number of aliphatic hydroxyl groups is 2. The van der Waals surface area contributed by atoms with Crippen LogP contribution in [0.2, 0.25) is 36.3 Å². The molecule has 32 heavy (non-hydrogen) atoms. The minimum absolute atomic E-state index is 0.169. The van der Waals surface area contributed by atoms with Crippen molar-refractivity contribution in [3.63, 3.8) is 0 Å². The van der Waals surface area contributed by atoms with Crippen molar-refractivity contribution in [3.05, 3.63) is 0 Å². The fraction of sp³-hybridized carbons (Fsp3) is 1.00. The summed E-state index contributed by atoms with van der Waals surface area (Å²) in [5.41, 5.74) is 0. The van der Waals surface area contributed by atoms with Crippen molar-refractivity contribution in [2.24, 2.45) is 0 Å². The van der Waals surface area contributed by atoms with E-state index in [2.05, 4.69) is 67.7 Å². The fourth-order valence-electron chi connectivity index (χ4n) is 3.12. The van der Waals surface area contributed by atoms with E-state index in [0.29, 0.717) is 13.2 Å². The van der Waals surface area contributed by atoms with Gasteiger partial charge in [-0.25, -0.2) is 0 Å². The first-order valence-electron chi connectivity index (χ1n) is 12.3. The Morgan fingerprint density at radius 1 is 0.688 bits per heavy atom. The van der Waals surface area contributed by atoms with Crippen LogP contribution in [0, 0.1) is 0 Å². The Morgan fingerprint density at radius 3 is 1.19 bits per heavy atom. The van der Waals surface area contributed by atoms with Crippen LogP contribution in [0.15, 0.2) is 0 Å². The van der Waals surface area contributed by atoms with E-state index in [-0.39, 0.29) is 19.6 Å². The molecule has 0 bridgehead atoms. The van der Waals surface area contributed by atoms with Crippen LogP contribution in [0.1, 0.15) is 80.1 Å². The molecule has 2 rings (SSSR count). The van der Waals surface area contributed by atoms with Gasteiger partial charge in [0.05, 0.1) is 25.4 Å². The molecule has 0 radical (unpaired) electrons. The molecule has 0 aromatic rings. The predicted molar refractivity (Wildman–Crippen MR) is 147 cm³/mol. The molecule has 0 spiro atoms. The van der Waals surface area contributed by atoms with Crippen LogP contribution in [-0.4, -0.2) is 61.8 Å². The summed E-state index contributed by atoms with van der Waals surface area (Å²) in [4.78, 5) is 0. The van der Waals surface area contributed by atoms with Crippen molar-refractivity contribution in [2.45, 2.75) is 138 Å². The first-order chi connectivity index (χ1) is 14.3. The van der Waals surface area contributed by atoms with Crippen molar-refractivity contribution in [3.8, 4) is 0 Å². The Kier molecular flexibility index (Phi) is 9.26. The van der Waals surface area contributed by atoms with Gasteiger partial charge in [-0.3, -0.25) is 0 Å². The number of rotatable bonds is 13. The lowest BCUT2D eigenvalue weighted by atomic mass is 10.2. The van der Waals surface area contributed by atoms with E-state index in [4.69, 9.17) is 8.85 Å². The molecule has 0 amide bonds. The minimum atomic E-state index is -1.82. The van der Waals surface area contributed by atoms with Gasteiger partial charge in [0.1, 0.15) is 0 Å². The summed E-state index contributed by atoms with van der Waals surface area (Å²) >= 11 is 0. The lowest BCUT2D eigenvalue weighted by Gasteiger charge is -2.37. The van der Waals surface area contributed by atoms with Crippen molar-refractivity contribution < 1.29 is 19.1 Å². The highest BCUT2D eigenvalue weighted by Crippen LogP contribution is 2.65. The molecule has 0 aromatic heterocycles. The Bertz CT molecular complexity index is 566. The molecule has 0 unspecified atom stereocenters. The first-order valence-corrected chi connectivity index (χ1v) is 20.3. The van der Waals surface area contributed by atoms with Crippen molar-refractivity contribution in [2.75, 3.05) is 13.2 Å². The molecular weight excluding hydrogens is 473 g/mol. The van der Waals surface area contributed by atoms with Gasteiger partial charge in [0.15, 0.2) is 16.6 Å². The maximum atomic E-state index is 10.7. The second-order valence-corrected chi connectivity index (χ2v) is 26.1. The average Bonchev–Trinajstić information content (AvgIpc) is 3.53. The smallest absolute Gasteiger partial charge is 0.192 e. The maximum absolute atomic E-state index is 10.7. The molecule has 0 heterocycles. The van der Waals surface area contributed by atoms with E-state index in [9.17, 15) is 10.2 Å². The molecule has 2 atom stereocenters. The van der Waals surface area contributed by atoms with Gasteiger partial charge in [-0.05, 0) is 74.8 Å². The highest BCUT2D eigenvalue weighted by molar-refractivity contribution is 8.77. The molecule has 2 saturated carbocycles. The van der Waals surface area contributed by atoms with Crippen LogP contribution < -0.4 is 0 Å². The molecule has 2 aliphatic carbocycles. The summed E-state index contributed by atoms with van der Waals surface area (Å²) in [6.07, 6.45) is 5.55. The summed E-state index contributed by atoms with van der Waals surface area (Å²) in [5.74, 6) is 0.